The molecule has 7 rings (SSSR count). The number of benzene rings is 3. The lowest BCUT2D eigenvalue weighted by Gasteiger charge is -2.36. The second-order valence-electron chi connectivity index (χ2n) is 13.9. The van der Waals surface area contributed by atoms with E-state index in [9.17, 15) is 0 Å². The molecule has 0 N–H and O–H groups in total. The van der Waals surface area contributed by atoms with Gasteiger partial charge in [-0.15, -0.1) is 0 Å². The van der Waals surface area contributed by atoms with Gasteiger partial charge in [-0.2, -0.15) is 9.97 Å². The lowest BCUT2D eigenvalue weighted by molar-refractivity contribution is 0.187. The Morgan fingerprint density at radius 1 is 0.918 bits per heavy atom. The van der Waals surface area contributed by atoms with Gasteiger partial charge >= 0.3 is 6.01 Å². The van der Waals surface area contributed by atoms with Gasteiger partial charge in [0.05, 0.1) is 30.8 Å². The summed E-state index contributed by atoms with van der Waals surface area (Å²) in [5.74, 6) is 1.05. The molecule has 0 saturated carbocycles. The third-order valence-corrected chi connectivity index (χ3v) is 10.6. The Kier molecular flexibility index (Phi) is 10.4. The van der Waals surface area contributed by atoms with Crippen LogP contribution in [0, 0.1) is 6.92 Å². The van der Waals surface area contributed by atoms with Gasteiger partial charge < -0.3 is 24.3 Å². The standard InChI is InChI=1S/C40H50N8O/c1-30-11-7-12-31-13-8-17-37(38(30)31)48-26-20-35-36(27-48)43-40(49-28-34-16-9-22-46(34)3)44-39(35)47-24-18-32(19-25-47)42-29-41-21-10-23-45(2)33-14-5-4-6-15-33/h4-8,11-15,17,32,34H,9-10,16,18-28H2,1-3H3/t34-/m0/s1. The van der Waals surface area contributed by atoms with Gasteiger partial charge in [0, 0.05) is 61.6 Å². The van der Waals surface area contributed by atoms with Gasteiger partial charge in [-0.3, -0.25) is 0 Å². The molecule has 0 bridgehead atoms. The predicted molar refractivity (Wildman–Crippen MR) is 201 cm³/mol. The van der Waals surface area contributed by atoms with E-state index < -0.39 is 0 Å². The van der Waals surface area contributed by atoms with Crippen molar-refractivity contribution < 1.29 is 4.74 Å². The maximum Gasteiger partial charge on any atom is 0.318 e. The highest BCUT2D eigenvalue weighted by atomic mass is 16.5. The van der Waals surface area contributed by atoms with E-state index in [0.29, 0.717) is 18.7 Å². The number of hydrogen-bond donors (Lipinski definition) is 0. The normalized spacial score (nSPS) is 18.3. The molecule has 3 aromatic carbocycles. The molecule has 0 amide bonds. The lowest BCUT2D eigenvalue weighted by Crippen LogP contribution is -2.39. The first kappa shape index (κ1) is 33.1. The van der Waals surface area contributed by atoms with Crippen molar-refractivity contribution in [2.24, 2.45) is 9.98 Å². The van der Waals surface area contributed by atoms with Gasteiger partial charge in [-0.05, 0) is 88.2 Å². The Morgan fingerprint density at radius 2 is 1.73 bits per heavy atom. The van der Waals surface area contributed by atoms with Crippen molar-refractivity contribution in [3.8, 4) is 6.01 Å². The Morgan fingerprint density at radius 3 is 2.53 bits per heavy atom. The number of nitrogens with zero attached hydrogens (tertiary/aromatic N) is 8. The van der Waals surface area contributed by atoms with Crippen LogP contribution >= 0.6 is 0 Å². The summed E-state index contributed by atoms with van der Waals surface area (Å²) in [5.41, 5.74) is 6.16. The van der Waals surface area contributed by atoms with Crippen molar-refractivity contribution in [1.82, 2.24) is 14.9 Å². The van der Waals surface area contributed by atoms with E-state index in [4.69, 9.17) is 19.7 Å². The molecule has 1 atom stereocenters. The molecule has 0 radical (unpaired) electrons. The Bertz CT molecular complexity index is 1780. The highest BCUT2D eigenvalue weighted by Crippen LogP contribution is 2.36. The van der Waals surface area contributed by atoms with Crippen LogP contribution in [0.2, 0.25) is 0 Å². The highest BCUT2D eigenvalue weighted by molar-refractivity contribution is 5.97. The van der Waals surface area contributed by atoms with E-state index in [1.165, 1.54) is 39.7 Å². The van der Waals surface area contributed by atoms with Crippen LogP contribution in [-0.4, -0.2) is 92.9 Å². The molecule has 0 unspecified atom stereocenters. The van der Waals surface area contributed by atoms with Gasteiger partial charge in [0.15, 0.2) is 0 Å². The van der Waals surface area contributed by atoms with Crippen molar-refractivity contribution in [2.45, 2.75) is 64.1 Å². The molecular formula is C40H50N8O. The molecule has 256 valence electrons. The summed E-state index contributed by atoms with van der Waals surface area (Å²) in [6.07, 6.45) is 6.18. The van der Waals surface area contributed by atoms with Crippen LogP contribution in [0.5, 0.6) is 6.01 Å². The van der Waals surface area contributed by atoms with Crippen LogP contribution in [0.3, 0.4) is 0 Å². The van der Waals surface area contributed by atoms with Crippen LogP contribution in [0.4, 0.5) is 17.2 Å². The topological polar surface area (TPSA) is 72.7 Å². The summed E-state index contributed by atoms with van der Waals surface area (Å²) in [6.45, 7) is 9.13. The molecule has 4 aromatic rings. The van der Waals surface area contributed by atoms with E-state index in [1.807, 2.05) is 6.07 Å². The summed E-state index contributed by atoms with van der Waals surface area (Å²) < 4.78 is 6.38. The number of anilines is 3. The number of aromatic nitrogens is 2. The number of aliphatic imine (C=N–C) groups is 2. The van der Waals surface area contributed by atoms with Crippen molar-refractivity contribution in [1.29, 1.82) is 0 Å². The van der Waals surface area contributed by atoms with E-state index in [2.05, 4.69) is 112 Å². The number of aryl methyl sites for hydroxylation is 1. The summed E-state index contributed by atoms with van der Waals surface area (Å²) in [7, 11) is 4.31. The summed E-state index contributed by atoms with van der Waals surface area (Å²) in [5, 5.41) is 2.61. The SMILES string of the molecule is Cc1cccc2cccc(N3CCc4c(nc(OC[C@@H]5CCCN5C)nc4N4CCC(N=C=NCCCN(C)c5ccccc5)CC4)C3)c12. The van der Waals surface area contributed by atoms with Crippen molar-refractivity contribution >= 4 is 34.0 Å². The minimum Gasteiger partial charge on any atom is -0.462 e. The van der Waals surface area contributed by atoms with Gasteiger partial charge in [-0.1, -0.05) is 48.5 Å². The quantitative estimate of drug-likeness (QED) is 0.132. The average molecular weight is 659 g/mol. The first-order chi connectivity index (χ1) is 24.0. The minimum atomic E-state index is 0.239. The maximum absolute atomic E-state index is 6.38. The number of rotatable bonds is 11. The van der Waals surface area contributed by atoms with Gasteiger partial charge in [0.25, 0.3) is 0 Å². The number of hydrogen-bond acceptors (Lipinski definition) is 9. The molecule has 9 heteroatoms. The molecular weight excluding hydrogens is 608 g/mol. The van der Waals surface area contributed by atoms with Crippen molar-refractivity contribution in [3.63, 3.8) is 0 Å². The first-order valence-electron chi connectivity index (χ1n) is 18.1. The second-order valence-corrected chi connectivity index (χ2v) is 13.9. The molecule has 2 saturated heterocycles. The molecule has 3 aliphatic heterocycles. The Labute approximate surface area is 291 Å². The fourth-order valence-corrected chi connectivity index (χ4v) is 7.63. The smallest absolute Gasteiger partial charge is 0.318 e. The number of likely N-dealkylation sites (N-methyl/N-ethyl adjacent to an activating group) is 1. The number of para-hydroxylation sites is 1. The van der Waals surface area contributed by atoms with Crippen molar-refractivity contribution in [2.75, 3.05) is 74.7 Å². The van der Waals surface area contributed by atoms with E-state index in [-0.39, 0.29) is 6.04 Å². The van der Waals surface area contributed by atoms with Gasteiger partial charge in [-0.25, -0.2) is 9.98 Å². The third-order valence-electron chi connectivity index (χ3n) is 10.6. The molecule has 49 heavy (non-hydrogen) atoms. The Balaban J connectivity index is 1.03. The van der Waals surface area contributed by atoms with E-state index in [1.54, 1.807) is 0 Å². The fourth-order valence-electron chi connectivity index (χ4n) is 7.63. The van der Waals surface area contributed by atoms with Gasteiger partial charge in [0.1, 0.15) is 12.4 Å². The highest BCUT2D eigenvalue weighted by Gasteiger charge is 2.29. The number of piperidine rings is 1. The minimum absolute atomic E-state index is 0.239. The maximum atomic E-state index is 6.38. The summed E-state index contributed by atoms with van der Waals surface area (Å²) >= 11 is 0. The van der Waals surface area contributed by atoms with Crippen molar-refractivity contribution in [3.05, 3.63) is 83.6 Å². The molecule has 1 aromatic heterocycles. The molecule has 3 aliphatic rings. The number of fused-ring (bicyclic) bond motifs is 2. The fraction of sp³-hybridized carbons (Fsp3) is 0.475. The zero-order chi connectivity index (χ0) is 33.6. The third kappa shape index (κ3) is 7.74. The molecule has 0 spiro atoms. The number of ether oxygens (including phenoxy) is 1. The molecule has 0 aliphatic carbocycles. The zero-order valence-electron chi connectivity index (χ0n) is 29.4. The lowest BCUT2D eigenvalue weighted by atomic mass is 9.99. The van der Waals surface area contributed by atoms with Crippen LogP contribution in [-0.2, 0) is 13.0 Å². The zero-order valence-corrected chi connectivity index (χ0v) is 29.4. The second kappa shape index (κ2) is 15.4. The molecule has 2 fully saturated rings. The van der Waals surface area contributed by atoms with Crippen LogP contribution < -0.4 is 19.4 Å². The largest absolute Gasteiger partial charge is 0.462 e. The van der Waals surface area contributed by atoms with Gasteiger partial charge in [0.2, 0.25) is 0 Å². The Hall–Kier alpha value is -4.46. The van der Waals surface area contributed by atoms with Crippen LogP contribution in [0.1, 0.15) is 48.9 Å². The number of likely N-dealkylation sites (tertiary alicyclic amines) is 1. The molecule has 4 heterocycles. The summed E-state index contributed by atoms with van der Waals surface area (Å²) in [4.78, 5) is 29.0. The first-order valence-corrected chi connectivity index (χ1v) is 18.1. The van der Waals surface area contributed by atoms with E-state index in [0.717, 1.165) is 89.4 Å². The monoisotopic (exact) mass is 658 g/mol. The molecule has 9 nitrogen and oxygen atoms in total. The van der Waals surface area contributed by atoms with E-state index >= 15 is 0 Å². The summed E-state index contributed by atoms with van der Waals surface area (Å²) in [6, 6.07) is 27.9. The predicted octanol–water partition coefficient (Wildman–Crippen LogP) is 6.64. The van der Waals surface area contributed by atoms with Crippen LogP contribution in [0.25, 0.3) is 10.8 Å². The average Bonchev–Trinajstić information content (AvgIpc) is 3.56. The van der Waals surface area contributed by atoms with Crippen LogP contribution in [0.15, 0.2) is 76.7 Å².